The fourth-order valence-corrected chi connectivity index (χ4v) is 4.17. The Morgan fingerprint density at radius 3 is 2.38 bits per heavy atom. The van der Waals surface area contributed by atoms with Crippen LogP contribution in [-0.2, 0) is 0 Å². The van der Waals surface area contributed by atoms with Crippen LogP contribution < -0.4 is 4.90 Å². The molecule has 0 bridgehead atoms. The Kier molecular flexibility index (Phi) is 5.19. The minimum atomic E-state index is 0.135. The maximum Gasteiger partial charge on any atom is 0.254 e. The number of benzene rings is 1. The lowest BCUT2D eigenvalue weighted by Crippen LogP contribution is -2.38. The zero-order valence-corrected chi connectivity index (χ0v) is 15.3. The molecule has 0 aliphatic carbocycles. The summed E-state index contributed by atoms with van der Waals surface area (Å²) in [6, 6.07) is 14.1. The van der Waals surface area contributed by atoms with Crippen molar-refractivity contribution >= 4 is 11.7 Å². The van der Waals surface area contributed by atoms with Crippen LogP contribution in [0, 0.1) is 0 Å². The van der Waals surface area contributed by atoms with Gasteiger partial charge in [0.15, 0.2) is 0 Å². The van der Waals surface area contributed by atoms with Crippen LogP contribution in [0.15, 0.2) is 48.7 Å². The number of aromatic nitrogens is 1. The zero-order valence-electron chi connectivity index (χ0n) is 15.3. The van der Waals surface area contributed by atoms with Gasteiger partial charge in [-0.05, 0) is 62.3 Å². The molecule has 2 fully saturated rings. The van der Waals surface area contributed by atoms with E-state index in [0.29, 0.717) is 0 Å². The Morgan fingerprint density at radius 2 is 1.65 bits per heavy atom. The largest absolute Gasteiger partial charge is 0.357 e. The lowest BCUT2D eigenvalue weighted by Gasteiger charge is -2.36. The van der Waals surface area contributed by atoms with Gasteiger partial charge in [0, 0.05) is 31.4 Å². The van der Waals surface area contributed by atoms with Crippen molar-refractivity contribution in [3.63, 3.8) is 0 Å². The molecule has 4 nitrogen and oxygen atoms in total. The van der Waals surface area contributed by atoms with Crippen molar-refractivity contribution in [3.05, 3.63) is 59.8 Å². The van der Waals surface area contributed by atoms with Crippen LogP contribution in [0.4, 0.5) is 5.82 Å². The summed E-state index contributed by atoms with van der Waals surface area (Å²) in [5, 5.41) is 0. The normalized spacial score (nSPS) is 20.8. The van der Waals surface area contributed by atoms with Crippen LogP contribution in [-0.4, -0.2) is 35.4 Å². The lowest BCUT2D eigenvalue weighted by atomic mass is 9.95. The predicted octanol–water partition coefficient (Wildman–Crippen LogP) is 4.44. The van der Waals surface area contributed by atoms with E-state index in [1.165, 1.54) is 19.3 Å². The van der Waals surface area contributed by atoms with Gasteiger partial charge in [-0.1, -0.05) is 24.3 Å². The summed E-state index contributed by atoms with van der Waals surface area (Å²) in [7, 11) is 0. The number of likely N-dealkylation sites (tertiary alicyclic amines) is 1. The van der Waals surface area contributed by atoms with Crippen LogP contribution in [0.2, 0.25) is 0 Å². The van der Waals surface area contributed by atoms with Crippen LogP contribution in [0.1, 0.15) is 60.5 Å². The van der Waals surface area contributed by atoms with Gasteiger partial charge in [-0.15, -0.1) is 0 Å². The van der Waals surface area contributed by atoms with Crippen molar-refractivity contribution in [2.45, 2.75) is 44.6 Å². The molecule has 4 rings (SSSR count). The Morgan fingerprint density at radius 1 is 0.885 bits per heavy atom. The molecule has 2 aromatic rings. The van der Waals surface area contributed by atoms with Crippen molar-refractivity contribution in [1.29, 1.82) is 0 Å². The molecule has 1 aromatic carbocycles. The van der Waals surface area contributed by atoms with Crippen LogP contribution in [0.25, 0.3) is 0 Å². The fourth-order valence-electron chi connectivity index (χ4n) is 4.17. The van der Waals surface area contributed by atoms with E-state index in [4.69, 9.17) is 4.98 Å². The Hall–Kier alpha value is -2.36. The molecule has 2 aliphatic heterocycles. The summed E-state index contributed by atoms with van der Waals surface area (Å²) in [6.07, 6.45) is 9.09. The van der Waals surface area contributed by atoms with Gasteiger partial charge in [0.05, 0.1) is 6.04 Å². The number of carbonyl (C=O) groups excluding carboxylic acids is 1. The van der Waals surface area contributed by atoms with Gasteiger partial charge in [-0.2, -0.15) is 0 Å². The Bertz CT molecular complexity index is 723. The topological polar surface area (TPSA) is 36.4 Å². The molecular formula is C22H27N3O. The highest BCUT2D eigenvalue weighted by atomic mass is 16.2. The van der Waals surface area contributed by atoms with E-state index in [-0.39, 0.29) is 11.9 Å². The summed E-state index contributed by atoms with van der Waals surface area (Å²) in [6.45, 7) is 3.04. The van der Waals surface area contributed by atoms with Gasteiger partial charge in [-0.25, -0.2) is 4.98 Å². The van der Waals surface area contributed by atoms with E-state index in [1.54, 1.807) is 0 Å². The molecule has 0 radical (unpaired) electrons. The summed E-state index contributed by atoms with van der Waals surface area (Å²) in [4.78, 5) is 22.1. The van der Waals surface area contributed by atoms with Gasteiger partial charge < -0.3 is 9.80 Å². The monoisotopic (exact) mass is 349 g/mol. The minimum absolute atomic E-state index is 0.135. The number of piperidine rings is 2. The molecule has 0 N–H and O–H groups in total. The van der Waals surface area contributed by atoms with Gasteiger partial charge >= 0.3 is 0 Å². The third-order valence-corrected chi connectivity index (χ3v) is 5.62. The second-order valence-corrected chi connectivity index (χ2v) is 7.37. The number of hydrogen-bond donors (Lipinski definition) is 0. The lowest BCUT2D eigenvalue weighted by molar-refractivity contribution is 0.0611. The molecule has 136 valence electrons. The average molecular weight is 349 g/mol. The number of rotatable bonds is 3. The van der Waals surface area contributed by atoms with Gasteiger partial charge in [0.2, 0.25) is 0 Å². The SMILES string of the molecule is O=C(c1ccccc1)N1CCCCC1c1ccc(N2CCCCC2)nc1. The average Bonchev–Trinajstić information content (AvgIpc) is 2.75. The van der Waals surface area contributed by atoms with Gasteiger partial charge in [-0.3, -0.25) is 4.79 Å². The molecule has 0 spiro atoms. The minimum Gasteiger partial charge on any atom is -0.357 e. The summed E-state index contributed by atoms with van der Waals surface area (Å²) in [5.41, 5.74) is 1.94. The molecular weight excluding hydrogens is 322 g/mol. The Labute approximate surface area is 155 Å². The smallest absolute Gasteiger partial charge is 0.254 e. The highest BCUT2D eigenvalue weighted by Gasteiger charge is 2.29. The first-order valence-corrected chi connectivity index (χ1v) is 9.90. The maximum absolute atomic E-state index is 13.0. The van der Waals surface area contributed by atoms with Crippen molar-refractivity contribution < 1.29 is 4.79 Å². The quantitative estimate of drug-likeness (QED) is 0.822. The first-order valence-electron chi connectivity index (χ1n) is 9.90. The van der Waals surface area contributed by atoms with Crippen molar-refractivity contribution in [2.75, 3.05) is 24.5 Å². The van der Waals surface area contributed by atoms with Crippen molar-refractivity contribution in [1.82, 2.24) is 9.88 Å². The molecule has 2 aliphatic rings. The molecule has 1 unspecified atom stereocenters. The van der Waals surface area contributed by atoms with Crippen LogP contribution >= 0.6 is 0 Å². The molecule has 1 atom stereocenters. The first-order chi connectivity index (χ1) is 12.8. The molecule has 26 heavy (non-hydrogen) atoms. The number of anilines is 1. The van der Waals surface area contributed by atoms with Gasteiger partial charge in [0.1, 0.15) is 5.82 Å². The fraction of sp³-hybridized carbons (Fsp3) is 0.455. The van der Waals surface area contributed by atoms with Crippen LogP contribution in [0.5, 0.6) is 0 Å². The number of carbonyl (C=O) groups is 1. The standard InChI is InChI=1S/C22H27N3O/c26-22(18-9-3-1-4-10-18)25-16-8-5-11-20(25)19-12-13-21(23-17-19)24-14-6-2-7-15-24/h1,3-4,9-10,12-13,17,20H,2,5-8,11,14-16H2. The molecule has 1 amide bonds. The van der Waals surface area contributed by atoms with Crippen molar-refractivity contribution in [2.24, 2.45) is 0 Å². The second kappa shape index (κ2) is 7.90. The third-order valence-electron chi connectivity index (χ3n) is 5.62. The predicted molar refractivity (Wildman–Crippen MR) is 104 cm³/mol. The third kappa shape index (κ3) is 3.59. The second-order valence-electron chi connectivity index (χ2n) is 7.37. The van der Waals surface area contributed by atoms with E-state index in [1.807, 2.05) is 41.4 Å². The van der Waals surface area contributed by atoms with E-state index in [0.717, 1.165) is 55.8 Å². The molecule has 1 aromatic heterocycles. The van der Waals surface area contributed by atoms with Crippen molar-refractivity contribution in [3.8, 4) is 0 Å². The summed E-state index contributed by atoms with van der Waals surface area (Å²) < 4.78 is 0. The van der Waals surface area contributed by atoms with Crippen LogP contribution in [0.3, 0.4) is 0 Å². The van der Waals surface area contributed by atoms with E-state index >= 15 is 0 Å². The Balaban J connectivity index is 1.53. The zero-order chi connectivity index (χ0) is 17.8. The number of pyridine rings is 1. The highest BCUT2D eigenvalue weighted by molar-refractivity contribution is 5.94. The van der Waals surface area contributed by atoms with E-state index < -0.39 is 0 Å². The number of nitrogens with zero attached hydrogens (tertiary/aromatic N) is 3. The van der Waals surface area contributed by atoms with Gasteiger partial charge in [0.25, 0.3) is 5.91 Å². The molecule has 4 heteroatoms. The summed E-state index contributed by atoms with van der Waals surface area (Å²) in [5.74, 6) is 1.21. The highest BCUT2D eigenvalue weighted by Crippen LogP contribution is 2.32. The molecule has 3 heterocycles. The molecule has 2 saturated heterocycles. The number of hydrogen-bond acceptors (Lipinski definition) is 3. The van der Waals surface area contributed by atoms with E-state index in [2.05, 4.69) is 17.0 Å². The maximum atomic E-state index is 13.0. The number of amides is 1. The first kappa shape index (κ1) is 17.1. The van der Waals surface area contributed by atoms with E-state index in [9.17, 15) is 4.79 Å². The summed E-state index contributed by atoms with van der Waals surface area (Å²) >= 11 is 0. The molecule has 0 saturated carbocycles.